The van der Waals surface area contributed by atoms with E-state index in [0.29, 0.717) is 4.60 Å². The number of hydrogen-bond donors (Lipinski definition) is 0. The van der Waals surface area contributed by atoms with Gasteiger partial charge in [0.05, 0.1) is 5.15 Å². The van der Waals surface area contributed by atoms with Gasteiger partial charge < -0.3 is 4.98 Å². The standard InChI is InChI=1S/C4HBrClN2.Cm/c5-3-1-8-4(6)2-7-3;/h1H;/q-1;. The van der Waals surface area contributed by atoms with Crippen LogP contribution in [0.5, 0.6) is 0 Å². The SMILES string of the molecule is Clc1[c-]nc(Br)cn1.[Cm]. The molecule has 0 saturated carbocycles. The predicted molar refractivity (Wildman–Crippen MR) is 33.6 cm³/mol. The molecule has 0 aromatic carbocycles. The van der Waals surface area contributed by atoms with Crippen molar-refractivity contribution in [3.63, 3.8) is 0 Å². The Morgan fingerprint density at radius 2 is 2.33 bits per heavy atom. The van der Waals surface area contributed by atoms with E-state index in [1.165, 1.54) is 6.20 Å². The zero-order valence-corrected chi connectivity index (χ0v) is 9.37. The summed E-state index contributed by atoms with van der Waals surface area (Å²) in [7, 11) is 0. The van der Waals surface area contributed by atoms with E-state index in [4.69, 9.17) is 11.6 Å². The molecule has 1 aromatic rings. The normalized spacial score (nSPS) is 8.22. The number of nitrogens with zero attached hydrogens (tertiary/aromatic N) is 2. The minimum absolute atomic E-state index is 0. The van der Waals surface area contributed by atoms with E-state index in [-0.39, 0.29) is 5.15 Å². The quantitative estimate of drug-likeness (QED) is 0.576. The Hall–Kier alpha value is -1.15. The maximum absolute atomic E-state index is 5.36. The molecule has 5 heteroatoms. The Balaban J connectivity index is 0.000000640. The largest absolute Gasteiger partial charge is 0.441 e. The Kier molecular flexibility index (Phi) is 2.61. The molecule has 0 aliphatic carbocycles. The van der Waals surface area contributed by atoms with Crippen LogP contribution in [0.15, 0.2) is 10.8 Å². The first-order chi connectivity index (χ1) is 3.79. The van der Waals surface area contributed by atoms with E-state index in [1.807, 2.05) is 0 Å². The average Bonchev–Trinajstić information content (AvgIpc) is 1.77. The van der Waals surface area contributed by atoms with Crippen molar-refractivity contribution in [1.82, 2.24) is 9.97 Å². The van der Waals surface area contributed by atoms with Gasteiger partial charge in [-0.05, 0) is 10.8 Å². The Labute approximate surface area is 60.0 Å². The molecular weight excluding hydrogens is 438 g/mol. The summed E-state index contributed by atoms with van der Waals surface area (Å²) in [6.45, 7) is 0. The molecular formula is C4HBrClCmN2-. The van der Waals surface area contributed by atoms with Crippen LogP contribution in [0.3, 0.4) is 0 Å². The zero-order valence-electron chi connectivity index (χ0n) is 4.08. The average molecular weight is 439 g/mol. The van der Waals surface area contributed by atoms with Crippen molar-refractivity contribution >= 4 is 27.5 Å². The van der Waals surface area contributed by atoms with Gasteiger partial charge in [0.15, 0.2) is 0 Å². The minimum Gasteiger partial charge on any atom is -0.441 e. The minimum atomic E-state index is 0. The molecule has 0 radical (unpaired) electrons. The van der Waals surface area contributed by atoms with E-state index < -0.39 is 0 Å². The molecule has 1 aromatic heterocycles. The zero-order chi connectivity index (χ0) is 5.98. The van der Waals surface area contributed by atoms with Gasteiger partial charge in [-0.15, -0.1) is 6.20 Å². The van der Waals surface area contributed by atoms with E-state index in [9.17, 15) is 0 Å². The number of hydrogen-bond acceptors (Lipinski definition) is 2. The molecule has 9 heavy (non-hydrogen) atoms. The molecule has 1 heterocycles. The molecule has 0 saturated heterocycles. The number of rotatable bonds is 0. The van der Waals surface area contributed by atoms with Gasteiger partial charge in [-0.1, -0.05) is 11.6 Å². The van der Waals surface area contributed by atoms with Crippen LogP contribution < -0.4 is 0 Å². The van der Waals surface area contributed by atoms with Gasteiger partial charge in [-0.3, -0.25) is 4.98 Å². The van der Waals surface area contributed by atoms with Crippen LogP contribution in [-0.2, 0) is 0 Å². The van der Waals surface area contributed by atoms with Crippen LogP contribution in [-0.4, -0.2) is 9.97 Å². The van der Waals surface area contributed by atoms with Crippen LogP contribution in [0.2, 0.25) is 5.15 Å². The smallest absolute Gasteiger partial charge is 0.0557 e. The van der Waals surface area contributed by atoms with Crippen molar-refractivity contribution in [1.29, 1.82) is 0 Å². The monoisotopic (exact) mass is 434 g/mol. The number of halogens is 2. The third kappa shape index (κ3) is 2.06. The summed E-state index contributed by atoms with van der Waals surface area (Å²) in [6.07, 6.45) is 3.97. The summed E-state index contributed by atoms with van der Waals surface area (Å²) in [5.41, 5.74) is 0. The van der Waals surface area contributed by atoms with Crippen LogP contribution in [0.25, 0.3) is 0 Å². The van der Waals surface area contributed by atoms with Crippen molar-refractivity contribution in [2.75, 3.05) is 0 Å². The van der Waals surface area contributed by atoms with Gasteiger partial charge in [-0.2, -0.15) is 15.9 Å². The fourth-order valence-electron chi connectivity index (χ4n) is 0.267. The van der Waals surface area contributed by atoms with Crippen molar-refractivity contribution in [2.45, 2.75) is 0 Å². The fraction of sp³-hybridized carbons (Fsp3) is 0. The first-order valence-electron chi connectivity index (χ1n) is 1.85. The van der Waals surface area contributed by atoms with E-state index in [1.54, 1.807) is 0 Å². The second-order valence-electron chi connectivity index (χ2n) is 1.10. The topological polar surface area (TPSA) is 25.8 Å². The predicted octanol–water partition coefficient (Wildman–Crippen LogP) is 1.69. The van der Waals surface area contributed by atoms with Crippen LogP contribution in [0.1, 0.15) is 0 Å². The summed E-state index contributed by atoms with van der Waals surface area (Å²) in [6, 6.07) is 0. The maximum atomic E-state index is 5.36. The van der Waals surface area contributed by atoms with Gasteiger partial charge in [0.1, 0.15) is 0 Å². The molecule has 50 valence electrons. The number of aromatic nitrogens is 2. The molecule has 0 fully saturated rings. The first-order valence-corrected chi connectivity index (χ1v) is 3.02. The van der Waals surface area contributed by atoms with Gasteiger partial charge in [0, 0.05) is 0 Å². The molecule has 0 N–H and O–H groups in total. The van der Waals surface area contributed by atoms with Crippen LogP contribution in [0.4, 0.5) is 0 Å². The van der Waals surface area contributed by atoms with Crippen molar-refractivity contribution < 1.29 is 0 Å². The van der Waals surface area contributed by atoms with E-state index >= 15 is 0 Å². The summed E-state index contributed by atoms with van der Waals surface area (Å²) >= 11 is 8.44. The van der Waals surface area contributed by atoms with Gasteiger partial charge >= 0.3 is 0 Å². The van der Waals surface area contributed by atoms with Crippen LogP contribution in [0, 0.1) is 6.20 Å². The van der Waals surface area contributed by atoms with Crippen molar-refractivity contribution in [3.05, 3.63) is 22.1 Å². The van der Waals surface area contributed by atoms with Crippen LogP contribution >= 0.6 is 27.5 Å². The molecule has 1 rings (SSSR count). The third-order valence-corrected chi connectivity index (χ3v) is 1.10. The Morgan fingerprint density at radius 3 is 2.67 bits per heavy atom. The van der Waals surface area contributed by atoms with E-state index in [0.717, 1.165) is 0 Å². The molecule has 0 spiro atoms. The fourth-order valence-corrected chi connectivity index (χ4v) is 0.549. The molecule has 0 aliphatic rings. The van der Waals surface area contributed by atoms with E-state index in [2.05, 4.69) is 32.1 Å². The van der Waals surface area contributed by atoms with Gasteiger partial charge in [0.25, 0.3) is 0 Å². The summed E-state index contributed by atoms with van der Waals surface area (Å²) in [5, 5.41) is 0.285. The Bertz CT molecular complexity index is 157. The second-order valence-corrected chi connectivity index (χ2v) is 2.27. The summed E-state index contributed by atoms with van der Waals surface area (Å²) in [4.78, 5) is 7.36. The van der Waals surface area contributed by atoms with Crippen molar-refractivity contribution in [2.24, 2.45) is 0 Å². The Morgan fingerprint density at radius 1 is 1.67 bits per heavy atom. The molecule has 0 unspecified atom stereocenters. The third-order valence-electron chi connectivity index (χ3n) is 0.539. The summed E-state index contributed by atoms with van der Waals surface area (Å²) in [5.74, 6) is 0. The maximum Gasteiger partial charge on any atom is 0.0557 e. The van der Waals surface area contributed by atoms with Crippen molar-refractivity contribution in [3.8, 4) is 0 Å². The first kappa shape index (κ1) is 7.85. The molecule has 0 bridgehead atoms. The summed E-state index contributed by atoms with van der Waals surface area (Å²) < 4.78 is 0.641. The molecule has 0 atom stereocenters. The van der Waals surface area contributed by atoms with Gasteiger partial charge in [-0.25, -0.2) is 0 Å². The second kappa shape index (κ2) is 2.99. The van der Waals surface area contributed by atoms with Gasteiger partial charge in [0.2, 0.25) is 0 Å². The molecule has 0 amide bonds. The molecule has 2 nitrogen and oxygen atoms in total. The molecule has 0 aliphatic heterocycles.